The fourth-order valence-electron chi connectivity index (χ4n) is 3.21. The second kappa shape index (κ2) is 12.7. The molecule has 1 atom stereocenters. The van der Waals surface area contributed by atoms with Crippen molar-refractivity contribution < 1.29 is 9.47 Å². The molecule has 2 heterocycles. The maximum atomic E-state index is 6.28. The van der Waals surface area contributed by atoms with Crippen LogP contribution in [0.3, 0.4) is 0 Å². The van der Waals surface area contributed by atoms with Gasteiger partial charge in [-0.2, -0.15) is 0 Å². The van der Waals surface area contributed by atoms with E-state index in [1.807, 2.05) is 36.4 Å². The molecule has 1 saturated heterocycles. The zero-order chi connectivity index (χ0) is 20.5. The summed E-state index contributed by atoms with van der Waals surface area (Å²) in [6.07, 6.45) is 2.77. The highest BCUT2D eigenvalue weighted by Gasteiger charge is 2.25. The standard InChI is InChI=1S/C21H28ClN5O2.HI/c1-3-23-21(25-11-13-29-18-7-4-6-17(14-18)28-2)26-16-9-12-27(15-16)20-19(22)8-5-10-24-20;/h4-8,10,14,16H,3,9,11-13,15H2,1-2H3,(H2,23,25,26);1H. The number of nitrogens with zero attached hydrogens (tertiary/aromatic N) is 3. The number of pyridine rings is 1. The summed E-state index contributed by atoms with van der Waals surface area (Å²) in [5.41, 5.74) is 0. The van der Waals surface area contributed by atoms with E-state index in [4.69, 9.17) is 21.1 Å². The smallest absolute Gasteiger partial charge is 0.191 e. The van der Waals surface area contributed by atoms with Gasteiger partial charge in [-0.05, 0) is 37.6 Å². The molecule has 2 aromatic rings. The number of rotatable bonds is 8. The molecular weight excluding hydrogens is 517 g/mol. The molecule has 0 radical (unpaired) electrons. The van der Waals surface area contributed by atoms with Crippen molar-refractivity contribution in [2.24, 2.45) is 4.99 Å². The first-order chi connectivity index (χ1) is 14.2. The van der Waals surface area contributed by atoms with Crippen LogP contribution in [0.15, 0.2) is 47.6 Å². The van der Waals surface area contributed by atoms with Gasteiger partial charge in [0.25, 0.3) is 0 Å². The lowest BCUT2D eigenvalue weighted by Gasteiger charge is -2.20. The van der Waals surface area contributed by atoms with Crippen LogP contribution in [0.2, 0.25) is 5.02 Å². The second-order valence-corrected chi connectivity index (χ2v) is 7.08. The van der Waals surface area contributed by atoms with Gasteiger partial charge in [-0.15, -0.1) is 24.0 Å². The van der Waals surface area contributed by atoms with Gasteiger partial charge in [0.15, 0.2) is 5.96 Å². The van der Waals surface area contributed by atoms with Crippen LogP contribution < -0.4 is 25.0 Å². The molecule has 1 aromatic carbocycles. The van der Waals surface area contributed by atoms with Crippen LogP contribution in [-0.2, 0) is 0 Å². The highest BCUT2D eigenvalue weighted by atomic mass is 127. The van der Waals surface area contributed by atoms with Crippen molar-refractivity contribution in [1.29, 1.82) is 0 Å². The summed E-state index contributed by atoms with van der Waals surface area (Å²) in [5.74, 6) is 3.18. The summed E-state index contributed by atoms with van der Waals surface area (Å²) in [6.45, 7) is 5.64. The third kappa shape index (κ3) is 7.09. The summed E-state index contributed by atoms with van der Waals surface area (Å²) >= 11 is 6.28. The Bertz CT molecular complexity index is 823. The minimum Gasteiger partial charge on any atom is -0.497 e. The van der Waals surface area contributed by atoms with Crippen LogP contribution >= 0.6 is 35.6 Å². The molecule has 1 unspecified atom stereocenters. The minimum absolute atomic E-state index is 0. The number of ether oxygens (including phenoxy) is 2. The number of aromatic nitrogens is 1. The molecule has 164 valence electrons. The van der Waals surface area contributed by atoms with Crippen LogP contribution in [0.5, 0.6) is 11.5 Å². The Balaban J connectivity index is 0.00000320. The molecule has 1 aliphatic rings. The van der Waals surface area contributed by atoms with E-state index >= 15 is 0 Å². The lowest BCUT2D eigenvalue weighted by molar-refractivity contribution is 0.325. The highest BCUT2D eigenvalue weighted by molar-refractivity contribution is 14.0. The van der Waals surface area contributed by atoms with Crippen molar-refractivity contribution >= 4 is 47.4 Å². The summed E-state index contributed by atoms with van der Waals surface area (Å²) in [7, 11) is 1.64. The number of hydrogen-bond acceptors (Lipinski definition) is 5. The Morgan fingerprint density at radius 3 is 2.90 bits per heavy atom. The molecule has 0 bridgehead atoms. The molecular formula is C21H29ClIN5O2. The third-order valence-electron chi connectivity index (χ3n) is 4.58. The number of anilines is 1. The SMILES string of the molecule is CCNC(=NCCOc1cccc(OC)c1)NC1CCN(c2ncccc2Cl)C1.I. The van der Waals surface area contributed by atoms with E-state index in [1.165, 1.54) is 0 Å². The fourth-order valence-corrected chi connectivity index (χ4v) is 3.45. The van der Waals surface area contributed by atoms with E-state index in [0.29, 0.717) is 18.2 Å². The molecule has 7 nitrogen and oxygen atoms in total. The van der Waals surface area contributed by atoms with Crippen molar-refractivity contribution in [1.82, 2.24) is 15.6 Å². The molecule has 0 aliphatic carbocycles. The molecule has 0 spiro atoms. The van der Waals surface area contributed by atoms with Crippen molar-refractivity contribution in [3.8, 4) is 11.5 Å². The Morgan fingerprint density at radius 1 is 1.30 bits per heavy atom. The van der Waals surface area contributed by atoms with Crippen molar-refractivity contribution in [3.63, 3.8) is 0 Å². The van der Waals surface area contributed by atoms with Gasteiger partial charge in [0.1, 0.15) is 23.9 Å². The van der Waals surface area contributed by atoms with Crippen LogP contribution in [0, 0.1) is 0 Å². The Hall–Kier alpha value is -1.94. The van der Waals surface area contributed by atoms with Crippen LogP contribution in [0.1, 0.15) is 13.3 Å². The summed E-state index contributed by atoms with van der Waals surface area (Å²) in [5, 5.41) is 7.48. The van der Waals surface area contributed by atoms with Gasteiger partial charge in [0.05, 0.1) is 18.7 Å². The van der Waals surface area contributed by atoms with Gasteiger partial charge < -0.3 is 25.0 Å². The predicted octanol–water partition coefficient (Wildman–Crippen LogP) is 3.57. The van der Waals surface area contributed by atoms with Crippen LogP contribution in [0.4, 0.5) is 5.82 Å². The first kappa shape index (κ1) is 24.3. The van der Waals surface area contributed by atoms with Gasteiger partial charge in [-0.1, -0.05) is 17.7 Å². The number of benzene rings is 1. The average molecular weight is 546 g/mol. The summed E-state index contributed by atoms with van der Waals surface area (Å²) < 4.78 is 11.0. The highest BCUT2D eigenvalue weighted by Crippen LogP contribution is 2.25. The van der Waals surface area contributed by atoms with Gasteiger partial charge >= 0.3 is 0 Å². The first-order valence-corrected chi connectivity index (χ1v) is 10.2. The van der Waals surface area contributed by atoms with Crippen LogP contribution in [-0.4, -0.2) is 56.9 Å². The zero-order valence-corrected chi connectivity index (χ0v) is 20.4. The Morgan fingerprint density at radius 2 is 2.13 bits per heavy atom. The van der Waals surface area contributed by atoms with Gasteiger partial charge in [0.2, 0.25) is 0 Å². The van der Waals surface area contributed by atoms with E-state index < -0.39 is 0 Å². The van der Waals surface area contributed by atoms with Gasteiger partial charge in [0, 0.05) is 37.9 Å². The number of methoxy groups -OCH3 is 1. The van der Waals surface area contributed by atoms with Crippen molar-refractivity contribution in [2.45, 2.75) is 19.4 Å². The molecule has 9 heteroatoms. The molecule has 0 amide bonds. The molecule has 2 N–H and O–H groups in total. The van der Waals surface area contributed by atoms with E-state index in [1.54, 1.807) is 13.3 Å². The molecule has 1 aliphatic heterocycles. The molecule has 0 saturated carbocycles. The molecule has 1 aromatic heterocycles. The predicted molar refractivity (Wildman–Crippen MR) is 133 cm³/mol. The monoisotopic (exact) mass is 545 g/mol. The zero-order valence-electron chi connectivity index (χ0n) is 17.3. The quantitative estimate of drug-likeness (QED) is 0.229. The summed E-state index contributed by atoms with van der Waals surface area (Å²) in [6, 6.07) is 11.6. The van der Waals surface area contributed by atoms with Crippen molar-refractivity contribution in [2.75, 3.05) is 44.8 Å². The number of aliphatic imine (C=N–C) groups is 1. The Labute approximate surface area is 200 Å². The van der Waals surface area contributed by atoms with Gasteiger partial charge in [-0.25, -0.2) is 9.98 Å². The number of nitrogens with one attached hydrogen (secondary N) is 2. The lowest BCUT2D eigenvalue weighted by atomic mass is 10.3. The summed E-state index contributed by atoms with van der Waals surface area (Å²) in [4.78, 5) is 11.2. The van der Waals surface area contributed by atoms with Crippen molar-refractivity contribution in [3.05, 3.63) is 47.6 Å². The fraction of sp³-hybridized carbons (Fsp3) is 0.429. The van der Waals surface area contributed by atoms with E-state index in [-0.39, 0.29) is 30.0 Å². The molecule has 30 heavy (non-hydrogen) atoms. The third-order valence-corrected chi connectivity index (χ3v) is 4.88. The normalized spacial score (nSPS) is 16.0. The number of guanidine groups is 1. The second-order valence-electron chi connectivity index (χ2n) is 6.67. The minimum atomic E-state index is 0. The van der Waals surface area contributed by atoms with Crippen LogP contribution in [0.25, 0.3) is 0 Å². The maximum absolute atomic E-state index is 6.28. The van der Waals surface area contributed by atoms with E-state index in [0.717, 1.165) is 49.3 Å². The number of hydrogen-bond donors (Lipinski definition) is 2. The topological polar surface area (TPSA) is 71.0 Å². The van der Waals surface area contributed by atoms with E-state index in [2.05, 4.69) is 32.4 Å². The number of halogens is 2. The largest absolute Gasteiger partial charge is 0.497 e. The Kier molecular flexibility index (Phi) is 10.3. The lowest BCUT2D eigenvalue weighted by Crippen LogP contribution is -2.44. The first-order valence-electron chi connectivity index (χ1n) is 9.86. The average Bonchev–Trinajstić information content (AvgIpc) is 3.20. The molecule has 1 fully saturated rings. The maximum Gasteiger partial charge on any atom is 0.191 e. The molecule has 3 rings (SSSR count). The van der Waals surface area contributed by atoms with E-state index in [9.17, 15) is 0 Å². The van der Waals surface area contributed by atoms with Gasteiger partial charge in [-0.3, -0.25) is 0 Å².